The van der Waals surface area contributed by atoms with Crippen molar-refractivity contribution in [3.05, 3.63) is 58.7 Å². The maximum atomic E-state index is 12.6. The maximum Gasteiger partial charge on any atom is 0.433 e. The summed E-state index contributed by atoms with van der Waals surface area (Å²) in [7, 11) is 0. The Hall–Kier alpha value is -2.24. The van der Waals surface area contributed by atoms with E-state index in [4.69, 9.17) is 0 Å². The molecule has 0 fully saturated rings. The summed E-state index contributed by atoms with van der Waals surface area (Å²) in [6, 6.07) is 8.76. The molecular formula is C21H25F3N3-. The van der Waals surface area contributed by atoms with Gasteiger partial charge in [0.25, 0.3) is 0 Å². The number of hydrogen-bond acceptors (Lipinski definition) is 2. The number of nitrogens with zero attached hydrogens (tertiary/aromatic N) is 3. The Labute approximate surface area is 158 Å². The van der Waals surface area contributed by atoms with Crippen LogP contribution in [0.2, 0.25) is 0 Å². The SMILES string of the molecule is CC(C)(C)CC[N-]c1ccc2c(c1)CCN2Cc1ccc(C(F)(F)F)nc1. The molecule has 0 bridgehead atoms. The van der Waals surface area contributed by atoms with E-state index >= 15 is 0 Å². The molecule has 1 aliphatic rings. The van der Waals surface area contributed by atoms with E-state index in [1.54, 1.807) is 0 Å². The summed E-state index contributed by atoms with van der Waals surface area (Å²) < 4.78 is 37.9. The summed E-state index contributed by atoms with van der Waals surface area (Å²) in [5.74, 6) is 0. The summed E-state index contributed by atoms with van der Waals surface area (Å²) in [4.78, 5) is 5.73. The molecule has 0 amide bonds. The van der Waals surface area contributed by atoms with Crippen LogP contribution in [0.1, 0.15) is 44.0 Å². The van der Waals surface area contributed by atoms with Crippen molar-refractivity contribution in [1.29, 1.82) is 0 Å². The van der Waals surface area contributed by atoms with Crippen LogP contribution in [0.5, 0.6) is 0 Å². The Kier molecular flexibility index (Phi) is 5.36. The highest BCUT2D eigenvalue weighted by Gasteiger charge is 2.32. The van der Waals surface area contributed by atoms with Crippen molar-refractivity contribution in [3.63, 3.8) is 0 Å². The molecule has 0 N–H and O–H groups in total. The lowest BCUT2D eigenvalue weighted by Crippen LogP contribution is -2.20. The van der Waals surface area contributed by atoms with Crippen LogP contribution in [0.4, 0.5) is 24.5 Å². The third-order valence-corrected chi connectivity index (χ3v) is 4.70. The largest absolute Gasteiger partial charge is 0.684 e. The fourth-order valence-corrected chi connectivity index (χ4v) is 3.15. The lowest BCUT2D eigenvalue weighted by Gasteiger charge is -2.28. The van der Waals surface area contributed by atoms with Crippen LogP contribution in [0.15, 0.2) is 36.5 Å². The summed E-state index contributed by atoms with van der Waals surface area (Å²) in [6.45, 7) is 8.83. The Balaban J connectivity index is 1.63. The van der Waals surface area contributed by atoms with Gasteiger partial charge >= 0.3 is 6.18 Å². The molecule has 146 valence electrons. The first-order chi connectivity index (χ1) is 12.6. The number of fused-ring (bicyclic) bond motifs is 1. The number of halogens is 3. The lowest BCUT2D eigenvalue weighted by atomic mass is 9.92. The van der Waals surface area contributed by atoms with Crippen molar-refractivity contribution in [3.8, 4) is 0 Å². The third-order valence-electron chi connectivity index (χ3n) is 4.70. The molecule has 1 aromatic carbocycles. The minimum atomic E-state index is -4.40. The van der Waals surface area contributed by atoms with E-state index in [9.17, 15) is 13.2 Å². The van der Waals surface area contributed by atoms with Crippen LogP contribution in [0.3, 0.4) is 0 Å². The lowest BCUT2D eigenvalue weighted by molar-refractivity contribution is -0.141. The normalized spacial score (nSPS) is 14.4. The average molecular weight is 376 g/mol. The predicted octanol–water partition coefficient (Wildman–Crippen LogP) is 6.10. The number of alkyl halides is 3. The molecule has 3 rings (SSSR count). The van der Waals surface area contributed by atoms with Crippen LogP contribution in [0, 0.1) is 5.41 Å². The van der Waals surface area contributed by atoms with Gasteiger partial charge in [0.1, 0.15) is 5.69 Å². The third kappa shape index (κ3) is 5.15. The number of benzene rings is 1. The van der Waals surface area contributed by atoms with Crippen molar-refractivity contribution < 1.29 is 13.2 Å². The zero-order valence-electron chi connectivity index (χ0n) is 16.0. The predicted molar refractivity (Wildman–Crippen MR) is 102 cm³/mol. The molecule has 0 atom stereocenters. The van der Waals surface area contributed by atoms with Crippen molar-refractivity contribution in [2.24, 2.45) is 5.41 Å². The quantitative estimate of drug-likeness (QED) is 0.631. The van der Waals surface area contributed by atoms with Gasteiger partial charge in [-0.1, -0.05) is 45.4 Å². The van der Waals surface area contributed by atoms with Gasteiger partial charge in [0.2, 0.25) is 0 Å². The van der Waals surface area contributed by atoms with E-state index in [1.165, 1.54) is 17.8 Å². The van der Waals surface area contributed by atoms with E-state index in [2.05, 4.69) is 48.1 Å². The van der Waals surface area contributed by atoms with E-state index in [0.717, 1.165) is 48.9 Å². The standard InChI is InChI=1S/C21H25F3N3/c1-20(2,3)9-10-25-17-5-6-18-16(12-17)8-11-27(18)14-15-4-7-19(26-13-15)21(22,23)24/h4-7,12-13H,8-11,14H2,1-3H3/q-1. The molecule has 0 saturated heterocycles. The van der Waals surface area contributed by atoms with Gasteiger partial charge in [0.15, 0.2) is 0 Å². The minimum absolute atomic E-state index is 0.271. The van der Waals surface area contributed by atoms with E-state index in [0.29, 0.717) is 6.54 Å². The number of pyridine rings is 1. The number of rotatable bonds is 5. The second-order valence-electron chi connectivity index (χ2n) is 8.23. The van der Waals surface area contributed by atoms with E-state index in [1.807, 2.05) is 6.07 Å². The molecule has 1 aliphatic heterocycles. The molecule has 0 saturated carbocycles. The van der Waals surface area contributed by atoms with Gasteiger partial charge in [-0.05, 0) is 35.1 Å². The number of anilines is 1. The van der Waals surface area contributed by atoms with Crippen LogP contribution < -0.4 is 4.90 Å². The highest BCUT2D eigenvalue weighted by atomic mass is 19.4. The Morgan fingerprint density at radius 2 is 1.89 bits per heavy atom. The van der Waals surface area contributed by atoms with Gasteiger partial charge in [0.05, 0.1) is 0 Å². The van der Waals surface area contributed by atoms with E-state index in [-0.39, 0.29) is 5.41 Å². The van der Waals surface area contributed by atoms with Crippen molar-refractivity contribution >= 4 is 11.4 Å². The molecule has 2 heterocycles. The maximum absolute atomic E-state index is 12.6. The highest BCUT2D eigenvalue weighted by molar-refractivity contribution is 5.65. The Morgan fingerprint density at radius 3 is 2.52 bits per heavy atom. The molecule has 0 aliphatic carbocycles. The van der Waals surface area contributed by atoms with E-state index < -0.39 is 11.9 Å². The monoisotopic (exact) mass is 376 g/mol. The summed E-state index contributed by atoms with van der Waals surface area (Å²) in [5.41, 5.74) is 3.56. The van der Waals surface area contributed by atoms with Crippen LogP contribution in [0.25, 0.3) is 5.32 Å². The van der Waals surface area contributed by atoms with Crippen LogP contribution >= 0.6 is 0 Å². The first-order valence-corrected chi connectivity index (χ1v) is 9.19. The van der Waals surface area contributed by atoms with Gasteiger partial charge in [-0.15, -0.1) is 12.2 Å². The molecule has 6 heteroatoms. The Morgan fingerprint density at radius 1 is 1.11 bits per heavy atom. The smallest absolute Gasteiger partial charge is 0.433 e. The zero-order chi connectivity index (χ0) is 19.7. The molecule has 0 radical (unpaired) electrons. The zero-order valence-corrected chi connectivity index (χ0v) is 16.0. The number of aromatic nitrogens is 1. The summed E-state index contributed by atoms with van der Waals surface area (Å²) in [6.07, 6.45) is -1.12. The van der Waals surface area contributed by atoms with Gasteiger partial charge < -0.3 is 10.2 Å². The van der Waals surface area contributed by atoms with Crippen molar-refractivity contribution in [2.45, 2.75) is 46.3 Å². The van der Waals surface area contributed by atoms with Crippen molar-refractivity contribution in [1.82, 2.24) is 4.98 Å². The average Bonchev–Trinajstić information content (AvgIpc) is 2.96. The minimum Gasteiger partial charge on any atom is -0.684 e. The van der Waals surface area contributed by atoms with Crippen LogP contribution in [-0.4, -0.2) is 18.1 Å². The molecule has 0 unspecified atom stereocenters. The molecule has 3 nitrogen and oxygen atoms in total. The van der Waals surface area contributed by atoms with Gasteiger partial charge in [-0.2, -0.15) is 13.2 Å². The summed E-state index contributed by atoms with van der Waals surface area (Å²) >= 11 is 0. The van der Waals surface area contributed by atoms with Gasteiger partial charge in [-0.25, -0.2) is 0 Å². The molecule has 2 aromatic rings. The first kappa shape index (κ1) is 19.5. The molecule has 1 aromatic heterocycles. The van der Waals surface area contributed by atoms with Gasteiger partial charge in [-0.3, -0.25) is 4.98 Å². The molecule has 0 spiro atoms. The molecular weight excluding hydrogens is 351 g/mol. The van der Waals surface area contributed by atoms with Crippen molar-refractivity contribution in [2.75, 3.05) is 18.0 Å². The summed E-state index contributed by atoms with van der Waals surface area (Å²) in [5, 5.41) is 4.68. The second-order valence-corrected chi connectivity index (χ2v) is 8.23. The fourth-order valence-electron chi connectivity index (χ4n) is 3.15. The second kappa shape index (κ2) is 7.41. The Bertz CT molecular complexity index is 777. The molecule has 27 heavy (non-hydrogen) atoms. The van der Waals surface area contributed by atoms with Crippen LogP contribution in [-0.2, 0) is 19.1 Å². The topological polar surface area (TPSA) is 30.2 Å². The fraction of sp³-hybridized carbons (Fsp3) is 0.476. The number of hydrogen-bond donors (Lipinski definition) is 0. The highest BCUT2D eigenvalue weighted by Crippen LogP contribution is 2.35. The van der Waals surface area contributed by atoms with Gasteiger partial charge in [0, 0.05) is 25.0 Å². The first-order valence-electron chi connectivity index (χ1n) is 9.19.